The van der Waals surface area contributed by atoms with Crippen molar-refractivity contribution in [3.8, 4) is 0 Å². The molecule has 0 aromatic rings. The van der Waals surface area contributed by atoms with E-state index in [1.807, 2.05) is 6.92 Å². The summed E-state index contributed by atoms with van der Waals surface area (Å²) in [6.45, 7) is -1.66. The molecule has 7 heteroatoms. The molecular weight excluding hydrogens is 310 g/mol. The molecule has 0 aliphatic heterocycles. The van der Waals surface area contributed by atoms with Crippen LogP contribution in [0.4, 0.5) is 0 Å². The molecule has 24 heavy (non-hydrogen) atoms. The molecule has 0 fully saturated rings. The molecule has 1 atom stereocenters. The lowest BCUT2D eigenvalue weighted by molar-refractivity contribution is -0.137. The van der Waals surface area contributed by atoms with Crippen LogP contribution in [0.25, 0.3) is 0 Å². The lowest BCUT2D eigenvalue weighted by Gasteiger charge is -2.14. The molecule has 0 bridgehead atoms. The summed E-state index contributed by atoms with van der Waals surface area (Å²) >= 11 is 0. The van der Waals surface area contributed by atoms with Gasteiger partial charge in [0.25, 0.3) is 0 Å². The van der Waals surface area contributed by atoms with Crippen LogP contribution in [0.15, 0.2) is 4.99 Å². The van der Waals surface area contributed by atoms with Crippen LogP contribution in [0.1, 0.15) is 75.2 Å². The first kappa shape index (κ1) is 17.2. The molecule has 0 aliphatic rings. The Balaban J connectivity index is 4.04. The van der Waals surface area contributed by atoms with Crippen LogP contribution in [-0.4, -0.2) is 52.6 Å². The van der Waals surface area contributed by atoms with Gasteiger partial charge in [-0.25, -0.2) is 0 Å². The Kier molecular flexibility index (Phi) is 9.87. The Morgan fingerprint density at radius 2 is 1.75 bits per heavy atom. The molecule has 140 valence electrons. The third-order valence-corrected chi connectivity index (χ3v) is 3.71. The van der Waals surface area contributed by atoms with E-state index in [1.165, 1.54) is 0 Å². The Labute approximate surface area is 149 Å². The average molecular weight is 346 g/mol. The fourth-order valence-corrected chi connectivity index (χ4v) is 2.20. The number of carboxylic acids is 1. The normalized spacial score (nSPS) is 15.2. The number of aliphatic carboxylic acids is 1. The number of likely N-dealkylation sites (N-methyl/N-ethyl adjacent to an activating group) is 1. The van der Waals surface area contributed by atoms with Gasteiger partial charge in [-0.15, -0.1) is 0 Å². The predicted octanol–water partition coefficient (Wildman–Crippen LogP) is 2.13. The number of aliphatic hydroxyl groups excluding tert-OH is 1. The summed E-state index contributed by atoms with van der Waals surface area (Å²) in [6.07, 6.45) is 8.33. The zero-order valence-electron chi connectivity index (χ0n) is 17.5. The van der Waals surface area contributed by atoms with E-state index in [4.69, 9.17) is 15.0 Å². The second kappa shape index (κ2) is 13.8. The molecule has 0 rings (SSSR count). The third-order valence-electron chi connectivity index (χ3n) is 3.71. The first-order valence-electron chi connectivity index (χ1n) is 10.1. The van der Waals surface area contributed by atoms with Crippen LogP contribution < -0.4 is 5.73 Å². The van der Waals surface area contributed by atoms with Gasteiger partial charge in [0.05, 0.1) is 6.10 Å². The van der Waals surface area contributed by atoms with E-state index < -0.39 is 31.4 Å². The van der Waals surface area contributed by atoms with Gasteiger partial charge in [0.2, 0.25) is 5.91 Å². The Hall–Kier alpha value is -1.63. The highest BCUT2D eigenvalue weighted by atomic mass is 16.4. The number of rotatable bonds is 13. The number of nitrogens with two attached hydrogens (primary N) is 1. The molecule has 0 saturated heterocycles. The van der Waals surface area contributed by atoms with Gasteiger partial charge in [-0.1, -0.05) is 45.4 Å². The van der Waals surface area contributed by atoms with Crippen molar-refractivity contribution in [2.24, 2.45) is 10.7 Å². The second-order valence-corrected chi connectivity index (χ2v) is 5.92. The van der Waals surface area contributed by atoms with Crippen molar-refractivity contribution in [2.45, 2.75) is 77.2 Å². The smallest absolute Gasteiger partial charge is 0.323 e. The number of amides is 1. The number of carbonyl (C=O) groups is 2. The molecule has 0 radical (unpaired) electrons. The van der Waals surface area contributed by atoms with E-state index >= 15 is 0 Å². The van der Waals surface area contributed by atoms with E-state index in [0.29, 0.717) is 11.3 Å². The third kappa shape index (κ3) is 12.9. The number of carbonyl (C=O) groups excluding carboxylic acids is 1. The zero-order chi connectivity index (χ0) is 20.9. The summed E-state index contributed by atoms with van der Waals surface area (Å²) in [4.78, 5) is 26.5. The van der Waals surface area contributed by atoms with E-state index in [-0.39, 0.29) is 12.5 Å². The fourth-order valence-electron chi connectivity index (χ4n) is 2.20. The molecule has 0 aromatic carbocycles. The van der Waals surface area contributed by atoms with Crippen LogP contribution in [-0.2, 0) is 9.59 Å². The van der Waals surface area contributed by atoms with Crippen molar-refractivity contribution >= 4 is 17.8 Å². The number of hydrogen-bond acceptors (Lipinski definition) is 3. The standard InChI is InChI=1S/C17H33N3O4/c1-3-14(21)11-9-7-5-4-6-8-10-12-15(22)19-17(18)20(2)13-16(23)24/h14,21H,3-13H2,1-2H3,(H,23,24)(H2,18,19,22)/i2D3. The van der Waals surface area contributed by atoms with Gasteiger partial charge in [0.15, 0.2) is 5.96 Å². The van der Waals surface area contributed by atoms with E-state index in [0.717, 1.165) is 51.4 Å². The fraction of sp³-hybridized carbons (Fsp3) is 0.824. The van der Waals surface area contributed by atoms with E-state index in [9.17, 15) is 14.7 Å². The number of guanidine groups is 1. The number of aliphatic hydroxyl groups is 1. The van der Waals surface area contributed by atoms with Crippen molar-refractivity contribution < 1.29 is 23.9 Å². The summed E-state index contributed by atoms with van der Waals surface area (Å²) in [7, 11) is 0. The van der Waals surface area contributed by atoms with Crippen molar-refractivity contribution in [3.05, 3.63) is 0 Å². The maximum atomic E-state index is 11.8. The SMILES string of the molecule is [2H]C([2H])([2H])N(CC(=O)O)C(N)=NC(=O)CCCCCCCCCC(O)CC. The number of unbranched alkanes of at least 4 members (excludes halogenated alkanes) is 6. The predicted molar refractivity (Wildman–Crippen MR) is 94.7 cm³/mol. The Morgan fingerprint density at radius 1 is 1.17 bits per heavy atom. The molecule has 0 aromatic heterocycles. The summed E-state index contributed by atoms with van der Waals surface area (Å²) in [6, 6.07) is 0. The number of hydrogen-bond donors (Lipinski definition) is 3. The molecule has 1 unspecified atom stereocenters. The average Bonchev–Trinajstić information content (AvgIpc) is 2.56. The topological polar surface area (TPSA) is 116 Å². The highest BCUT2D eigenvalue weighted by Crippen LogP contribution is 2.11. The van der Waals surface area contributed by atoms with Crippen molar-refractivity contribution in [3.63, 3.8) is 0 Å². The molecular formula is C17H33N3O4. The minimum absolute atomic E-state index is 0.144. The maximum Gasteiger partial charge on any atom is 0.323 e. The quantitative estimate of drug-likeness (QED) is 0.267. The summed E-state index contributed by atoms with van der Waals surface area (Å²) in [5, 5.41) is 18.2. The first-order valence-corrected chi connectivity index (χ1v) is 8.62. The van der Waals surface area contributed by atoms with Crippen LogP contribution in [0.3, 0.4) is 0 Å². The first-order chi connectivity index (χ1) is 12.6. The summed E-state index contributed by atoms with van der Waals surface area (Å²) in [5.41, 5.74) is 5.50. The highest BCUT2D eigenvalue weighted by Gasteiger charge is 2.08. The summed E-state index contributed by atoms with van der Waals surface area (Å²) < 4.78 is 21.8. The number of nitrogens with zero attached hydrogens (tertiary/aromatic N) is 2. The second-order valence-electron chi connectivity index (χ2n) is 5.92. The number of carboxylic acid groups (broad SMARTS) is 1. The Morgan fingerprint density at radius 3 is 2.29 bits per heavy atom. The van der Waals surface area contributed by atoms with Crippen LogP contribution in [0.2, 0.25) is 0 Å². The van der Waals surface area contributed by atoms with Crippen LogP contribution >= 0.6 is 0 Å². The summed E-state index contributed by atoms with van der Waals surface area (Å²) in [5.74, 6) is -2.53. The van der Waals surface area contributed by atoms with Gasteiger partial charge >= 0.3 is 5.97 Å². The van der Waals surface area contributed by atoms with Gasteiger partial charge in [0, 0.05) is 17.5 Å². The lowest BCUT2D eigenvalue weighted by Crippen LogP contribution is -2.38. The zero-order valence-corrected chi connectivity index (χ0v) is 14.5. The van der Waals surface area contributed by atoms with E-state index in [1.54, 1.807) is 0 Å². The van der Waals surface area contributed by atoms with Gasteiger partial charge in [-0.3, -0.25) is 9.59 Å². The van der Waals surface area contributed by atoms with Crippen molar-refractivity contribution in [1.82, 2.24) is 4.90 Å². The maximum absolute atomic E-state index is 11.8. The largest absolute Gasteiger partial charge is 0.480 e. The van der Waals surface area contributed by atoms with Crippen LogP contribution in [0, 0.1) is 0 Å². The van der Waals surface area contributed by atoms with Gasteiger partial charge < -0.3 is 20.8 Å². The molecule has 0 heterocycles. The lowest BCUT2D eigenvalue weighted by atomic mass is 10.0. The molecule has 4 N–H and O–H groups in total. The molecule has 0 saturated carbocycles. The molecule has 7 nitrogen and oxygen atoms in total. The molecule has 0 spiro atoms. The van der Waals surface area contributed by atoms with Crippen molar-refractivity contribution in [1.29, 1.82) is 0 Å². The minimum Gasteiger partial charge on any atom is -0.480 e. The minimum atomic E-state index is -2.78. The van der Waals surface area contributed by atoms with Gasteiger partial charge in [-0.05, 0) is 19.3 Å². The highest BCUT2D eigenvalue weighted by molar-refractivity contribution is 5.93. The molecule has 1 amide bonds. The van der Waals surface area contributed by atoms with Gasteiger partial charge in [-0.2, -0.15) is 4.99 Å². The van der Waals surface area contributed by atoms with Gasteiger partial charge in [0.1, 0.15) is 6.54 Å². The van der Waals surface area contributed by atoms with E-state index in [2.05, 4.69) is 4.99 Å². The molecule has 0 aliphatic carbocycles. The monoisotopic (exact) mass is 346 g/mol. The Bertz CT molecular complexity index is 485. The number of aliphatic imine (C=N–C) groups is 1. The van der Waals surface area contributed by atoms with Crippen LogP contribution in [0.5, 0.6) is 0 Å². The van der Waals surface area contributed by atoms with Crippen molar-refractivity contribution in [2.75, 3.05) is 13.5 Å².